The Morgan fingerprint density at radius 2 is 1.80 bits per heavy atom. The molecule has 20 heavy (non-hydrogen) atoms. The highest BCUT2D eigenvalue weighted by molar-refractivity contribution is 14.0. The summed E-state index contributed by atoms with van der Waals surface area (Å²) in [6.07, 6.45) is 8.54. The van der Waals surface area contributed by atoms with Gasteiger partial charge in [0.15, 0.2) is 5.96 Å². The summed E-state index contributed by atoms with van der Waals surface area (Å²) in [4.78, 5) is 18.2. The van der Waals surface area contributed by atoms with Crippen molar-refractivity contribution >= 4 is 35.8 Å². The Balaban J connectivity index is 0.00000200. The van der Waals surface area contributed by atoms with Crippen molar-refractivity contribution in [3.8, 4) is 0 Å². The number of hydrogen-bond acceptors (Lipinski definition) is 2. The van der Waals surface area contributed by atoms with Crippen LogP contribution in [0.15, 0.2) is 4.99 Å². The Hall–Kier alpha value is -0.530. The van der Waals surface area contributed by atoms with E-state index in [0.717, 1.165) is 31.9 Å². The van der Waals surface area contributed by atoms with E-state index in [1.54, 1.807) is 7.05 Å². The first kappa shape index (κ1) is 17.5. The molecule has 1 aliphatic carbocycles. The number of aliphatic imine (C=N–C) groups is 1. The van der Waals surface area contributed by atoms with Crippen molar-refractivity contribution in [3.05, 3.63) is 0 Å². The van der Waals surface area contributed by atoms with Crippen molar-refractivity contribution in [2.45, 2.75) is 51.0 Å². The van der Waals surface area contributed by atoms with Crippen LogP contribution in [0.4, 0.5) is 0 Å². The topological polar surface area (TPSA) is 56.7 Å². The van der Waals surface area contributed by atoms with E-state index in [1.807, 2.05) is 4.90 Å². The monoisotopic (exact) mass is 394 g/mol. The summed E-state index contributed by atoms with van der Waals surface area (Å²) in [5.74, 6) is 0.950. The Labute approximate surface area is 139 Å². The Kier molecular flexibility index (Phi) is 8.25. The van der Waals surface area contributed by atoms with Crippen molar-refractivity contribution in [2.24, 2.45) is 4.99 Å². The van der Waals surface area contributed by atoms with Crippen LogP contribution in [0.25, 0.3) is 0 Å². The lowest BCUT2D eigenvalue weighted by Crippen LogP contribution is -2.47. The maximum atomic E-state index is 12.0. The predicted molar refractivity (Wildman–Crippen MR) is 92.6 cm³/mol. The molecule has 2 fully saturated rings. The number of rotatable bonds is 3. The van der Waals surface area contributed by atoms with Gasteiger partial charge in [-0.3, -0.25) is 9.79 Å². The summed E-state index contributed by atoms with van der Waals surface area (Å²) < 4.78 is 0. The molecule has 0 aromatic heterocycles. The minimum absolute atomic E-state index is 0. The van der Waals surface area contributed by atoms with Crippen LogP contribution in [0, 0.1) is 0 Å². The minimum atomic E-state index is 0. The first-order valence-electron chi connectivity index (χ1n) is 7.54. The number of hydrogen-bond donors (Lipinski definition) is 2. The molecule has 0 atom stereocenters. The second-order valence-corrected chi connectivity index (χ2v) is 5.49. The van der Waals surface area contributed by atoms with Crippen LogP contribution in [0.1, 0.15) is 44.9 Å². The maximum absolute atomic E-state index is 12.0. The van der Waals surface area contributed by atoms with Gasteiger partial charge in [0.2, 0.25) is 5.91 Å². The summed E-state index contributed by atoms with van der Waals surface area (Å²) in [5, 5.41) is 6.53. The minimum Gasteiger partial charge on any atom is -0.354 e. The van der Waals surface area contributed by atoms with Crippen LogP contribution in [0.5, 0.6) is 0 Å². The fourth-order valence-electron chi connectivity index (χ4n) is 2.87. The second kappa shape index (κ2) is 9.41. The van der Waals surface area contributed by atoms with E-state index in [4.69, 9.17) is 0 Å². The van der Waals surface area contributed by atoms with E-state index in [0.29, 0.717) is 12.6 Å². The molecule has 0 aromatic rings. The van der Waals surface area contributed by atoms with Crippen LogP contribution in [0.2, 0.25) is 0 Å². The van der Waals surface area contributed by atoms with Crippen molar-refractivity contribution in [1.82, 2.24) is 15.5 Å². The molecule has 5 nitrogen and oxygen atoms in total. The molecule has 1 saturated carbocycles. The van der Waals surface area contributed by atoms with E-state index in [2.05, 4.69) is 15.6 Å². The number of guanidine groups is 1. The molecule has 116 valence electrons. The van der Waals surface area contributed by atoms with Crippen molar-refractivity contribution < 1.29 is 4.79 Å². The average Bonchev–Trinajstić information content (AvgIpc) is 2.97. The average molecular weight is 394 g/mol. The van der Waals surface area contributed by atoms with E-state index < -0.39 is 0 Å². The Morgan fingerprint density at radius 3 is 2.40 bits per heavy atom. The number of nitrogens with zero attached hydrogens (tertiary/aromatic N) is 2. The largest absolute Gasteiger partial charge is 0.354 e. The first-order chi connectivity index (χ1) is 9.29. The molecule has 1 heterocycles. The number of nitrogens with one attached hydrogen (secondary N) is 2. The highest BCUT2D eigenvalue weighted by atomic mass is 127. The van der Waals surface area contributed by atoms with Gasteiger partial charge in [-0.2, -0.15) is 0 Å². The molecule has 6 heteroatoms. The Morgan fingerprint density at radius 1 is 1.15 bits per heavy atom. The van der Waals surface area contributed by atoms with Gasteiger partial charge in [0.05, 0.1) is 6.54 Å². The summed E-state index contributed by atoms with van der Waals surface area (Å²) in [6, 6.07) is 0.524. The molecule has 0 bridgehead atoms. The standard InChI is InChI=1S/C14H26N4O.HI/c1-15-14(17-12-7-3-4-8-12)16-11-13(19)18-9-5-2-6-10-18;/h12H,2-11H2,1H3,(H2,15,16,17);1H. The first-order valence-corrected chi connectivity index (χ1v) is 7.54. The zero-order chi connectivity index (χ0) is 13.5. The number of amides is 1. The highest BCUT2D eigenvalue weighted by Crippen LogP contribution is 2.17. The normalized spacial score (nSPS) is 20.4. The molecule has 1 saturated heterocycles. The van der Waals surface area contributed by atoms with Crippen LogP contribution in [-0.2, 0) is 4.79 Å². The quantitative estimate of drug-likeness (QED) is 0.436. The molecule has 0 spiro atoms. The van der Waals surface area contributed by atoms with Gasteiger partial charge < -0.3 is 15.5 Å². The van der Waals surface area contributed by atoms with E-state index in [9.17, 15) is 4.79 Å². The van der Waals surface area contributed by atoms with Crippen LogP contribution in [-0.4, -0.2) is 49.5 Å². The molecule has 0 aromatic carbocycles. The van der Waals surface area contributed by atoms with Gasteiger partial charge in [-0.25, -0.2) is 0 Å². The third kappa shape index (κ3) is 5.46. The third-order valence-electron chi connectivity index (χ3n) is 4.04. The van der Waals surface area contributed by atoms with Gasteiger partial charge >= 0.3 is 0 Å². The van der Waals surface area contributed by atoms with Gasteiger partial charge in [-0.1, -0.05) is 12.8 Å². The molecule has 2 aliphatic rings. The van der Waals surface area contributed by atoms with Gasteiger partial charge in [-0.05, 0) is 32.1 Å². The number of halogens is 1. The maximum Gasteiger partial charge on any atom is 0.241 e. The summed E-state index contributed by atoms with van der Waals surface area (Å²) >= 11 is 0. The van der Waals surface area contributed by atoms with Crippen molar-refractivity contribution in [1.29, 1.82) is 0 Å². The number of likely N-dealkylation sites (tertiary alicyclic amines) is 1. The van der Waals surface area contributed by atoms with Gasteiger partial charge in [0.25, 0.3) is 0 Å². The van der Waals surface area contributed by atoms with Crippen LogP contribution in [0.3, 0.4) is 0 Å². The lowest BCUT2D eigenvalue weighted by molar-refractivity contribution is -0.130. The number of carbonyl (C=O) groups is 1. The molecule has 2 N–H and O–H groups in total. The van der Waals surface area contributed by atoms with Gasteiger partial charge in [0.1, 0.15) is 0 Å². The zero-order valence-corrected chi connectivity index (χ0v) is 14.7. The van der Waals surface area contributed by atoms with E-state index in [1.165, 1.54) is 32.1 Å². The fourth-order valence-corrected chi connectivity index (χ4v) is 2.87. The Bertz CT molecular complexity index is 323. The van der Waals surface area contributed by atoms with E-state index >= 15 is 0 Å². The van der Waals surface area contributed by atoms with Gasteiger partial charge in [0, 0.05) is 26.2 Å². The smallest absolute Gasteiger partial charge is 0.241 e. The number of piperidine rings is 1. The van der Waals surface area contributed by atoms with Crippen molar-refractivity contribution in [3.63, 3.8) is 0 Å². The SMILES string of the molecule is CN=C(NCC(=O)N1CCCCC1)NC1CCCC1.I. The van der Waals surface area contributed by atoms with Crippen molar-refractivity contribution in [2.75, 3.05) is 26.7 Å². The molecule has 2 rings (SSSR count). The fraction of sp³-hybridized carbons (Fsp3) is 0.857. The summed E-state index contributed by atoms with van der Waals surface area (Å²) in [5.41, 5.74) is 0. The molecular weight excluding hydrogens is 367 g/mol. The predicted octanol–water partition coefficient (Wildman–Crippen LogP) is 1.72. The second-order valence-electron chi connectivity index (χ2n) is 5.49. The van der Waals surface area contributed by atoms with Gasteiger partial charge in [-0.15, -0.1) is 24.0 Å². The van der Waals surface area contributed by atoms with Crippen LogP contribution >= 0.6 is 24.0 Å². The van der Waals surface area contributed by atoms with Crippen LogP contribution < -0.4 is 10.6 Å². The lowest BCUT2D eigenvalue weighted by Gasteiger charge is -2.27. The zero-order valence-electron chi connectivity index (χ0n) is 12.4. The summed E-state index contributed by atoms with van der Waals surface area (Å²) in [6.45, 7) is 2.18. The molecule has 1 aliphatic heterocycles. The molecule has 0 unspecified atom stereocenters. The number of carbonyl (C=O) groups excluding carboxylic acids is 1. The molecule has 1 amide bonds. The lowest BCUT2D eigenvalue weighted by atomic mass is 10.1. The molecule has 0 radical (unpaired) electrons. The summed E-state index contributed by atoms with van der Waals surface area (Å²) in [7, 11) is 1.76. The third-order valence-corrected chi connectivity index (χ3v) is 4.04. The highest BCUT2D eigenvalue weighted by Gasteiger charge is 2.18. The van der Waals surface area contributed by atoms with E-state index in [-0.39, 0.29) is 29.9 Å². The molecular formula is C14H27IN4O.